The number of piperazine rings is 1. The van der Waals surface area contributed by atoms with Crippen molar-refractivity contribution in [2.45, 2.75) is 17.3 Å². The summed E-state index contributed by atoms with van der Waals surface area (Å²) in [5.41, 5.74) is 5.98. The van der Waals surface area contributed by atoms with Crippen molar-refractivity contribution in [3.8, 4) is 5.75 Å². The second-order valence-corrected chi connectivity index (χ2v) is 9.63. The van der Waals surface area contributed by atoms with Gasteiger partial charge >= 0.3 is 12.3 Å². The molecule has 176 valence electrons. The zero-order chi connectivity index (χ0) is 24.0. The van der Waals surface area contributed by atoms with Crippen LogP contribution in [0.25, 0.3) is 10.3 Å². The summed E-state index contributed by atoms with van der Waals surface area (Å²) < 4.78 is 68.1. The van der Waals surface area contributed by atoms with E-state index in [2.05, 4.69) is 25.1 Å². The Morgan fingerprint density at radius 2 is 1.91 bits per heavy atom. The van der Waals surface area contributed by atoms with Crippen molar-refractivity contribution in [3.05, 3.63) is 24.3 Å². The number of carboxylic acid groups (broad SMARTS) is 1. The number of alkyl halides is 3. The summed E-state index contributed by atoms with van der Waals surface area (Å²) in [6.45, 7) is -0.348. The highest BCUT2D eigenvalue weighted by atomic mass is 32.2. The van der Waals surface area contributed by atoms with Crippen LogP contribution in [-0.2, 0) is 14.8 Å². The fourth-order valence-electron chi connectivity index (χ4n) is 3.21. The lowest BCUT2D eigenvalue weighted by atomic mass is 10.2. The zero-order valence-electron chi connectivity index (χ0n) is 16.3. The number of nitrogens with two attached hydrogens (primary N) is 1. The van der Waals surface area contributed by atoms with Gasteiger partial charge in [-0.3, -0.25) is 4.79 Å². The molecule has 0 radical (unpaired) electrons. The molecule has 1 saturated heterocycles. The number of nitrogen functional groups attached to an aromatic ring is 1. The van der Waals surface area contributed by atoms with Crippen LogP contribution in [0.15, 0.2) is 29.2 Å². The van der Waals surface area contributed by atoms with Crippen LogP contribution in [0, 0.1) is 0 Å². The first kappa shape index (κ1) is 22.9. The van der Waals surface area contributed by atoms with Gasteiger partial charge in [0.1, 0.15) is 16.5 Å². The topological polar surface area (TPSA) is 165 Å². The molecule has 12 nitrogen and oxygen atoms in total. The standard InChI is InChI=1S/C16H14F3N7O5S2/c17-16(18,19)31-8-1-3-9(4-2-8)33(29,30)26-6-5-25(7-10(26)14(27)28)15-21-13-11(32-15)12(20)22-24-23-13/h1-4,10H,5-7H2,(H,27,28)(H2,20,22,23)/t10-/m1/s1. The number of carbonyl (C=O) groups is 1. The average molecular weight is 505 g/mol. The molecule has 3 aromatic rings. The van der Waals surface area contributed by atoms with Crippen molar-refractivity contribution >= 4 is 48.6 Å². The number of aliphatic carboxylic acids is 1. The molecule has 0 unspecified atom stereocenters. The molecular formula is C16H14F3N7O5S2. The van der Waals surface area contributed by atoms with Gasteiger partial charge in [0.05, 0.1) is 4.90 Å². The zero-order valence-corrected chi connectivity index (χ0v) is 17.9. The van der Waals surface area contributed by atoms with Crippen molar-refractivity contribution in [1.29, 1.82) is 0 Å². The second-order valence-electron chi connectivity index (χ2n) is 6.76. The fraction of sp³-hybridized carbons (Fsp3) is 0.312. The minimum atomic E-state index is -4.93. The lowest BCUT2D eigenvalue weighted by Crippen LogP contribution is -2.58. The molecule has 1 aliphatic heterocycles. The molecule has 1 atom stereocenters. The lowest BCUT2D eigenvalue weighted by Gasteiger charge is -2.38. The van der Waals surface area contributed by atoms with E-state index in [1.54, 1.807) is 4.90 Å². The summed E-state index contributed by atoms with van der Waals surface area (Å²) in [7, 11) is -4.33. The van der Waals surface area contributed by atoms with Crippen molar-refractivity contribution in [3.63, 3.8) is 0 Å². The molecule has 0 bridgehead atoms. The molecule has 1 aliphatic rings. The van der Waals surface area contributed by atoms with Crippen molar-refractivity contribution in [2.75, 3.05) is 30.3 Å². The van der Waals surface area contributed by atoms with Gasteiger partial charge in [-0.15, -0.1) is 23.4 Å². The number of halogens is 3. The van der Waals surface area contributed by atoms with Gasteiger partial charge in [-0.25, -0.2) is 8.42 Å². The molecular weight excluding hydrogens is 491 g/mol. The van der Waals surface area contributed by atoms with E-state index in [1.807, 2.05) is 0 Å². The first-order chi connectivity index (χ1) is 15.5. The van der Waals surface area contributed by atoms with Gasteiger partial charge < -0.3 is 20.5 Å². The molecule has 0 saturated carbocycles. The van der Waals surface area contributed by atoms with Crippen LogP contribution in [0.4, 0.5) is 24.1 Å². The third-order valence-corrected chi connectivity index (χ3v) is 7.72. The Morgan fingerprint density at radius 3 is 2.52 bits per heavy atom. The van der Waals surface area contributed by atoms with Crippen LogP contribution in [0.2, 0.25) is 0 Å². The molecule has 0 spiro atoms. The van der Waals surface area contributed by atoms with Crippen LogP contribution in [0.5, 0.6) is 5.75 Å². The molecule has 4 rings (SSSR count). The van der Waals surface area contributed by atoms with E-state index >= 15 is 0 Å². The highest BCUT2D eigenvalue weighted by Gasteiger charge is 2.41. The second kappa shape index (κ2) is 8.23. The highest BCUT2D eigenvalue weighted by molar-refractivity contribution is 7.89. The van der Waals surface area contributed by atoms with Gasteiger partial charge in [0.2, 0.25) is 10.0 Å². The molecule has 0 aliphatic carbocycles. The normalized spacial score (nSPS) is 17.9. The maximum absolute atomic E-state index is 13.1. The Labute approximate surface area is 187 Å². The summed E-state index contributed by atoms with van der Waals surface area (Å²) in [4.78, 5) is 17.4. The Kier molecular flexibility index (Phi) is 5.71. The van der Waals surface area contributed by atoms with Gasteiger partial charge in [-0.2, -0.15) is 9.29 Å². The number of nitrogens with zero attached hydrogens (tertiary/aromatic N) is 6. The number of aromatic nitrogens is 4. The van der Waals surface area contributed by atoms with Crippen LogP contribution >= 0.6 is 11.3 Å². The van der Waals surface area contributed by atoms with Crippen molar-refractivity contribution in [2.24, 2.45) is 0 Å². The predicted octanol–water partition coefficient (Wildman–Crippen LogP) is 0.926. The minimum absolute atomic E-state index is 0.0961. The van der Waals surface area contributed by atoms with E-state index < -0.39 is 34.1 Å². The predicted molar refractivity (Wildman–Crippen MR) is 108 cm³/mol. The number of fused-ring (bicyclic) bond motifs is 1. The minimum Gasteiger partial charge on any atom is -0.480 e. The number of thiazole rings is 1. The smallest absolute Gasteiger partial charge is 0.480 e. The summed E-state index contributed by atoms with van der Waals surface area (Å²) in [6, 6.07) is 2.04. The lowest BCUT2D eigenvalue weighted by molar-refractivity contribution is -0.274. The van der Waals surface area contributed by atoms with Crippen molar-refractivity contribution < 1.29 is 36.2 Å². The number of ether oxygens (including phenoxy) is 1. The summed E-state index contributed by atoms with van der Waals surface area (Å²) >= 11 is 1.11. The third-order valence-electron chi connectivity index (χ3n) is 4.67. The van der Waals surface area contributed by atoms with Crippen LogP contribution < -0.4 is 15.4 Å². The molecule has 1 aromatic carbocycles. The highest BCUT2D eigenvalue weighted by Crippen LogP contribution is 2.33. The molecule has 33 heavy (non-hydrogen) atoms. The third kappa shape index (κ3) is 4.60. The number of rotatable bonds is 5. The first-order valence-corrected chi connectivity index (χ1v) is 11.3. The number of anilines is 2. The number of sulfonamides is 1. The number of benzene rings is 1. The van der Waals surface area contributed by atoms with E-state index in [0.717, 1.165) is 39.9 Å². The van der Waals surface area contributed by atoms with Gasteiger partial charge in [0, 0.05) is 19.6 Å². The Morgan fingerprint density at radius 1 is 1.21 bits per heavy atom. The largest absolute Gasteiger partial charge is 0.573 e. The van der Waals surface area contributed by atoms with Crippen LogP contribution in [0.3, 0.4) is 0 Å². The molecule has 3 heterocycles. The molecule has 3 N–H and O–H groups in total. The van der Waals surface area contributed by atoms with Gasteiger partial charge in [0.15, 0.2) is 16.6 Å². The molecule has 17 heteroatoms. The SMILES string of the molecule is Nc1nnnc2nc(N3CCN(S(=O)(=O)c4ccc(OC(F)(F)F)cc4)[C@@H](C(=O)O)C3)sc12. The summed E-state index contributed by atoms with van der Waals surface area (Å²) in [5.74, 6) is -1.89. The Hall–Kier alpha value is -3.31. The molecule has 1 fully saturated rings. The monoisotopic (exact) mass is 505 g/mol. The van der Waals surface area contributed by atoms with Crippen molar-refractivity contribution in [1.82, 2.24) is 24.7 Å². The fourth-order valence-corrected chi connectivity index (χ4v) is 5.70. The number of carboxylic acids is 1. The van der Waals surface area contributed by atoms with Gasteiger partial charge in [-0.1, -0.05) is 11.3 Å². The van der Waals surface area contributed by atoms with E-state index in [9.17, 15) is 31.5 Å². The van der Waals surface area contributed by atoms with E-state index in [4.69, 9.17) is 5.73 Å². The number of hydrogen-bond acceptors (Lipinski definition) is 11. The first-order valence-electron chi connectivity index (χ1n) is 9.06. The number of hydrogen-bond donors (Lipinski definition) is 2. The molecule has 2 aromatic heterocycles. The van der Waals surface area contributed by atoms with E-state index in [0.29, 0.717) is 9.83 Å². The Bertz CT molecular complexity index is 1300. The summed E-state index contributed by atoms with van der Waals surface area (Å²) in [6.07, 6.45) is -4.93. The maximum Gasteiger partial charge on any atom is 0.573 e. The average Bonchev–Trinajstić information content (AvgIpc) is 3.18. The maximum atomic E-state index is 13.1. The van der Waals surface area contributed by atoms with E-state index in [1.165, 1.54) is 0 Å². The van der Waals surface area contributed by atoms with Gasteiger partial charge in [0.25, 0.3) is 0 Å². The summed E-state index contributed by atoms with van der Waals surface area (Å²) in [5, 5.41) is 20.9. The van der Waals surface area contributed by atoms with Gasteiger partial charge in [-0.05, 0) is 29.5 Å². The van der Waals surface area contributed by atoms with Crippen LogP contribution in [-0.4, -0.2) is 76.2 Å². The Balaban J connectivity index is 1.58. The quantitative estimate of drug-likeness (QED) is 0.507. The van der Waals surface area contributed by atoms with Crippen LogP contribution in [0.1, 0.15) is 0 Å². The van der Waals surface area contributed by atoms with E-state index in [-0.39, 0.29) is 36.0 Å². The molecule has 0 amide bonds.